The second kappa shape index (κ2) is 5.51. The Morgan fingerprint density at radius 1 is 1.18 bits per heavy atom. The minimum atomic E-state index is -0.229. The normalized spacial score (nSPS) is 19.1. The molecule has 0 unspecified atom stereocenters. The smallest absolute Gasteiger partial charge is 0.0756 e. The highest BCUT2D eigenvalue weighted by Gasteiger charge is 2.28. The van der Waals surface area contributed by atoms with Crippen molar-refractivity contribution >= 4 is 22.0 Å². The highest BCUT2D eigenvalue weighted by molar-refractivity contribution is 9.10. The molecule has 0 atom stereocenters. The molecule has 2 heteroatoms. The largest absolute Gasteiger partial charge is 0.197 e. The summed E-state index contributed by atoms with van der Waals surface area (Å²) in [7, 11) is 0. The molecule has 1 nitrogen and oxygen atoms in total. The first kappa shape index (κ1) is 12.4. The van der Waals surface area contributed by atoms with Crippen molar-refractivity contribution < 1.29 is 0 Å². The van der Waals surface area contributed by atoms with Crippen LogP contribution in [0.2, 0.25) is 0 Å². The van der Waals surface area contributed by atoms with Gasteiger partial charge in [0, 0.05) is 4.47 Å². The monoisotopic (exact) mass is 289 g/mol. The zero-order chi connectivity index (χ0) is 12.1. The van der Waals surface area contributed by atoms with E-state index >= 15 is 0 Å². The zero-order valence-electron chi connectivity index (χ0n) is 9.82. The summed E-state index contributed by atoms with van der Waals surface area (Å²) in [6, 6.07) is 10.6. The lowest BCUT2D eigenvalue weighted by molar-refractivity contribution is 0.337. The van der Waals surface area contributed by atoms with Gasteiger partial charge in [-0.3, -0.25) is 0 Å². The average Bonchev–Trinajstić information content (AvgIpc) is 2.39. The van der Waals surface area contributed by atoms with Crippen molar-refractivity contribution in [3.8, 4) is 6.07 Å². The van der Waals surface area contributed by atoms with E-state index in [1.807, 2.05) is 18.2 Å². The number of rotatable bonds is 2. The highest BCUT2D eigenvalue weighted by Crippen LogP contribution is 2.37. The van der Waals surface area contributed by atoms with Gasteiger partial charge in [-0.05, 0) is 24.5 Å². The van der Waals surface area contributed by atoms with Gasteiger partial charge < -0.3 is 0 Å². The van der Waals surface area contributed by atoms with E-state index in [-0.39, 0.29) is 5.41 Å². The lowest BCUT2D eigenvalue weighted by Gasteiger charge is -2.27. The van der Waals surface area contributed by atoms with Crippen molar-refractivity contribution in [2.75, 3.05) is 0 Å². The van der Waals surface area contributed by atoms with Gasteiger partial charge in [-0.15, -0.1) is 0 Å². The van der Waals surface area contributed by atoms with Crippen LogP contribution < -0.4 is 0 Å². The van der Waals surface area contributed by atoms with Crippen LogP contribution in [0.25, 0.3) is 6.08 Å². The molecule has 0 aliphatic heterocycles. The van der Waals surface area contributed by atoms with Crippen LogP contribution >= 0.6 is 15.9 Å². The minimum absolute atomic E-state index is 0.229. The molecule has 0 aromatic heterocycles. The Morgan fingerprint density at radius 2 is 1.88 bits per heavy atom. The first-order chi connectivity index (χ1) is 8.26. The number of benzene rings is 1. The van der Waals surface area contributed by atoms with Gasteiger partial charge in [0.15, 0.2) is 0 Å². The van der Waals surface area contributed by atoms with Crippen molar-refractivity contribution in [3.63, 3.8) is 0 Å². The molecule has 0 amide bonds. The molecule has 0 spiro atoms. The topological polar surface area (TPSA) is 23.8 Å². The maximum Gasteiger partial charge on any atom is 0.0756 e. The molecular weight excluding hydrogens is 274 g/mol. The van der Waals surface area contributed by atoms with Gasteiger partial charge in [-0.2, -0.15) is 5.26 Å². The first-order valence-corrected chi connectivity index (χ1v) is 6.90. The summed E-state index contributed by atoms with van der Waals surface area (Å²) in [5.74, 6) is 0. The van der Waals surface area contributed by atoms with E-state index < -0.39 is 0 Å². The van der Waals surface area contributed by atoms with Gasteiger partial charge in [0.25, 0.3) is 0 Å². The number of hydrogen-bond acceptors (Lipinski definition) is 1. The second-order valence-corrected chi connectivity index (χ2v) is 5.54. The molecule has 1 aromatic carbocycles. The van der Waals surface area contributed by atoms with Gasteiger partial charge in [-0.1, -0.05) is 65.5 Å². The first-order valence-electron chi connectivity index (χ1n) is 6.11. The predicted octanol–water partition coefficient (Wildman–Crippen LogP) is 4.94. The van der Waals surface area contributed by atoms with Gasteiger partial charge in [0.05, 0.1) is 11.5 Å². The molecule has 0 radical (unpaired) electrons. The molecule has 1 aliphatic rings. The molecule has 1 aromatic rings. The quantitative estimate of drug-likeness (QED) is 0.757. The standard InChI is InChI=1S/C15H16BrN/c16-14-7-3-2-6-13(14)8-11-15(12-17)9-4-1-5-10-15/h2-3,6-8,11H,1,4-5,9-10H2/b11-8+. The van der Waals surface area contributed by atoms with Gasteiger partial charge in [0.2, 0.25) is 0 Å². The lowest BCUT2D eigenvalue weighted by Crippen LogP contribution is -2.18. The average molecular weight is 290 g/mol. The molecule has 17 heavy (non-hydrogen) atoms. The van der Waals surface area contributed by atoms with E-state index in [4.69, 9.17) is 0 Å². The Labute approximate surface area is 111 Å². The molecule has 88 valence electrons. The zero-order valence-corrected chi connectivity index (χ0v) is 11.4. The number of halogens is 1. The molecule has 0 saturated heterocycles. The van der Waals surface area contributed by atoms with Crippen LogP contribution in [0.1, 0.15) is 37.7 Å². The third-order valence-electron chi connectivity index (χ3n) is 3.46. The summed E-state index contributed by atoms with van der Waals surface area (Å²) in [5, 5.41) is 9.38. The maximum atomic E-state index is 9.38. The molecule has 0 heterocycles. The fraction of sp³-hybridized carbons (Fsp3) is 0.400. The van der Waals surface area contributed by atoms with E-state index in [1.54, 1.807) is 0 Å². The van der Waals surface area contributed by atoms with Crippen LogP contribution in [-0.2, 0) is 0 Å². The predicted molar refractivity (Wildman–Crippen MR) is 74.3 cm³/mol. The van der Waals surface area contributed by atoms with Crippen LogP contribution in [0.15, 0.2) is 34.8 Å². The molecular formula is C15H16BrN. The van der Waals surface area contributed by atoms with Gasteiger partial charge in [0.1, 0.15) is 0 Å². The number of nitriles is 1. The summed E-state index contributed by atoms with van der Waals surface area (Å²) in [4.78, 5) is 0. The minimum Gasteiger partial charge on any atom is -0.197 e. The summed E-state index contributed by atoms with van der Waals surface area (Å²) in [5.41, 5.74) is 0.917. The van der Waals surface area contributed by atoms with Crippen LogP contribution in [-0.4, -0.2) is 0 Å². The van der Waals surface area contributed by atoms with Crippen LogP contribution in [0.5, 0.6) is 0 Å². The molecule has 0 bridgehead atoms. The van der Waals surface area contributed by atoms with Crippen LogP contribution in [0, 0.1) is 16.7 Å². The van der Waals surface area contributed by atoms with E-state index in [9.17, 15) is 5.26 Å². The third kappa shape index (κ3) is 2.98. The van der Waals surface area contributed by atoms with Crippen LogP contribution in [0.3, 0.4) is 0 Å². The Kier molecular flexibility index (Phi) is 4.02. The Morgan fingerprint density at radius 3 is 2.53 bits per heavy atom. The highest BCUT2D eigenvalue weighted by atomic mass is 79.9. The number of nitrogens with zero attached hydrogens (tertiary/aromatic N) is 1. The second-order valence-electron chi connectivity index (χ2n) is 4.68. The lowest BCUT2D eigenvalue weighted by atomic mass is 9.75. The Hall–Kier alpha value is -1.07. The molecule has 1 aliphatic carbocycles. The van der Waals surface area contributed by atoms with Crippen molar-refractivity contribution in [1.82, 2.24) is 0 Å². The molecule has 1 saturated carbocycles. The maximum absolute atomic E-state index is 9.38. The van der Waals surface area contributed by atoms with Crippen molar-refractivity contribution in [2.24, 2.45) is 5.41 Å². The van der Waals surface area contributed by atoms with E-state index in [0.717, 1.165) is 22.9 Å². The number of hydrogen-bond donors (Lipinski definition) is 0. The molecule has 1 fully saturated rings. The SMILES string of the molecule is N#CC1(/C=C/c2ccccc2Br)CCCCC1. The van der Waals surface area contributed by atoms with Gasteiger partial charge >= 0.3 is 0 Å². The Bertz CT molecular complexity index is 450. The van der Waals surface area contributed by atoms with E-state index in [2.05, 4.69) is 40.2 Å². The summed E-state index contributed by atoms with van der Waals surface area (Å²) < 4.78 is 1.08. The van der Waals surface area contributed by atoms with Gasteiger partial charge in [-0.25, -0.2) is 0 Å². The molecule has 0 N–H and O–H groups in total. The Balaban J connectivity index is 2.19. The summed E-state index contributed by atoms with van der Waals surface area (Å²) >= 11 is 3.53. The summed E-state index contributed by atoms with van der Waals surface area (Å²) in [6.45, 7) is 0. The van der Waals surface area contributed by atoms with E-state index in [1.165, 1.54) is 19.3 Å². The fourth-order valence-electron chi connectivity index (χ4n) is 2.36. The van der Waals surface area contributed by atoms with Crippen molar-refractivity contribution in [3.05, 3.63) is 40.4 Å². The fourth-order valence-corrected chi connectivity index (χ4v) is 2.77. The summed E-state index contributed by atoms with van der Waals surface area (Å²) in [6.07, 6.45) is 9.81. The third-order valence-corrected chi connectivity index (χ3v) is 4.18. The van der Waals surface area contributed by atoms with Crippen molar-refractivity contribution in [1.29, 1.82) is 5.26 Å². The van der Waals surface area contributed by atoms with Crippen molar-refractivity contribution in [2.45, 2.75) is 32.1 Å². The number of allylic oxidation sites excluding steroid dienone is 1. The van der Waals surface area contributed by atoms with Crippen LogP contribution in [0.4, 0.5) is 0 Å². The molecule has 2 rings (SSSR count). The van der Waals surface area contributed by atoms with E-state index in [0.29, 0.717) is 0 Å².